The van der Waals surface area contributed by atoms with Crippen molar-refractivity contribution in [2.45, 2.75) is 51.2 Å². The molecule has 2 N–H and O–H groups in total. The normalized spacial score (nSPS) is 27.1. The number of carbonyl (C=O) groups is 1. The minimum atomic E-state index is 0.00972. The van der Waals surface area contributed by atoms with Crippen LogP contribution in [0, 0.1) is 0 Å². The summed E-state index contributed by atoms with van der Waals surface area (Å²) in [5.41, 5.74) is 0. The molecule has 92 valence electrons. The van der Waals surface area contributed by atoms with Crippen molar-refractivity contribution < 1.29 is 4.79 Å². The summed E-state index contributed by atoms with van der Waals surface area (Å²) in [6.45, 7) is 7.22. The van der Waals surface area contributed by atoms with Gasteiger partial charge in [0.25, 0.3) is 0 Å². The molecule has 16 heavy (non-hydrogen) atoms. The Labute approximate surface area is 97.8 Å². The summed E-state index contributed by atoms with van der Waals surface area (Å²) in [7, 11) is 0. The molecule has 1 saturated carbocycles. The molecule has 1 saturated heterocycles. The van der Waals surface area contributed by atoms with Gasteiger partial charge in [-0.05, 0) is 39.3 Å². The Balaban J connectivity index is 1.87. The van der Waals surface area contributed by atoms with Gasteiger partial charge in [0.1, 0.15) is 0 Å². The van der Waals surface area contributed by atoms with Gasteiger partial charge in [0, 0.05) is 18.6 Å². The second-order valence-corrected chi connectivity index (χ2v) is 4.94. The fourth-order valence-electron chi connectivity index (χ4n) is 2.47. The molecule has 0 bridgehead atoms. The zero-order valence-corrected chi connectivity index (χ0v) is 10.3. The average molecular weight is 225 g/mol. The Hall–Kier alpha value is -0.610. The number of likely N-dealkylation sites (N-methyl/N-ethyl adjacent to an activating group) is 1. The number of nitrogens with zero attached hydrogens (tertiary/aromatic N) is 1. The standard InChI is InChI=1S/C12H23N3O/c1-3-15(11-6-7-13-8-11)9(2)12(16)14-10-4-5-10/h9-11,13H,3-8H2,1-2H3,(H,14,16). The van der Waals surface area contributed by atoms with E-state index in [-0.39, 0.29) is 11.9 Å². The van der Waals surface area contributed by atoms with Crippen LogP contribution in [0.3, 0.4) is 0 Å². The van der Waals surface area contributed by atoms with Gasteiger partial charge in [-0.15, -0.1) is 0 Å². The Morgan fingerprint density at radius 3 is 2.75 bits per heavy atom. The van der Waals surface area contributed by atoms with E-state index in [1.165, 1.54) is 0 Å². The third-order valence-corrected chi connectivity index (χ3v) is 3.67. The lowest BCUT2D eigenvalue weighted by Gasteiger charge is -2.32. The van der Waals surface area contributed by atoms with Gasteiger partial charge < -0.3 is 10.6 Å². The Bertz CT molecular complexity index is 247. The van der Waals surface area contributed by atoms with Crippen LogP contribution in [0.25, 0.3) is 0 Å². The number of hydrogen-bond acceptors (Lipinski definition) is 3. The van der Waals surface area contributed by atoms with E-state index >= 15 is 0 Å². The number of amides is 1. The van der Waals surface area contributed by atoms with Crippen molar-refractivity contribution in [3.63, 3.8) is 0 Å². The van der Waals surface area contributed by atoms with Crippen molar-refractivity contribution in [1.82, 2.24) is 15.5 Å². The van der Waals surface area contributed by atoms with Crippen LogP contribution in [0.4, 0.5) is 0 Å². The summed E-state index contributed by atoms with van der Waals surface area (Å²) < 4.78 is 0. The van der Waals surface area contributed by atoms with Gasteiger partial charge in [-0.3, -0.25) is 9.69 Å². The van der Waals surface area contributed by atoms with Crippen LogP contribution in [0.5, 0.6) is 0 Å². The number of nitrogens with one attached hydrogen (secondary N) is 2. The van der Waals surface area contributed by atoms with Crippen LogP contribution in [0.15, 0.2) is 0 Å². The van der Waals surface area contributed by atoms with Crippen LogP contribution < -0.4 is 10.6 Å². The third kappa shape index (κ3) is 2.74. The second kappa shape index (κ2) is 5.15. The van der Waals surface area contributed by atoms with Gasteiger partial charge >= 0.3 is 0 Å². The number of carbonyl (C=O) groups excluding carboxylic acids is 1. The van der Waals surface area contributed by atoms with Crippen molar-refractivity contribution in [1.29, 1.82) is 0 Å². The predicted molar refractivity (Wildman–Crippen MR) is 64.3 cm³/mol. The Kier molecular flexibility index (Phi) is 3.82. The molecule has 0 aromatic heterocycles. The Morgan fingerprint density at radius 1 is 1.50 bits per heavy atom. The highest BCUT2D eigenvalue weighted by atomic mass is 16.2. The highest BCUT2D eigenvalue weighted by molar-refractivity contribution is 5.81. The third-order valence-electron chi connectivity index (χ3n) is 3.67. The maximum absolute atomic E-state index is 12.0. The first kappa shape index (κ1) is 11.9. The quantitative estimate of drug-likeness (QED) is 0.709. The van der Waals surface area contributed by atoms with Crippen molar-refractivity contribution >= 4 is 5.91 Å². The molecule has 1 aliphatic heterocycles. The van der Waals surface area contributed by atoms with Crippen LogP contribution >= 0.6 is 0 Å². The summed E-state index contributed by atoms with van der Waals surface area (Å²) in [6.07, 6.45) is 3.49. The second-order valence-electron chi connectivity index (χ2n) is 4.94. The lowest BCUT2D eigenvalue weighted by atomic mass is 10.1. The van der Waals surface area contributed by atoms with Crippen molar-refractivity contribution in [2.75, 3.05) is 19.6 Å². The molecule has 0 aromatic carbocycles. The van der Waals surface area contributed by atoms with E-state index in [0.717, 1.165) is 38.9 Å². The highest BCUT2D eigenvalue weighted by Crippen LogP contribution is 2.20. The summed E-state index contributed by atoms with van der Waals surface area (Å²) in [5, 5.41) is 6.45. The molecule has 0 radical (unpaired) electrons. The predicted octanol–water partition coefficient (Wildman–Crippen LogP) is 0.337. The molecule has 1 heterocycles. The van der Waals surface area contributed by atoms with Crippen molar-refractivity contribution in [2.24, 2.45) is 0 Å². The topological polar surface area (TPSA) is 44.4 Å². The smallest absolute Gasteiger partial charge is 0.237 e. The first-order chi connectivity index (χ1) is 7.72. The molecule has 1 amide bonds. The lowest BCUT2D eigenvalue weighted by molar-refractivity contribution is -0.126. The maximum atomic E-state index is 12.0. The zero-order chi connectivity index (χ0) is 11.5. The van der Waals surface area contributed by atoms with Crippen molar-refractivity contribution in [3.05, 3.63) is 0 Å². The fraction of sp³-hybridized carbons (Fsp3) is 0.917. The molecule has 2 atom stereocenters. The zero-order valence-electron chi connectivity index (χ0n) is 10.3. The molecular formula is C12H23N3O. The minimum Gasteiger partial charge on any atom is -0.352 e. The van der Waals surface area contributed by atoms with Gasteiger partial charge in [-0.2, -0.15) is 0 Å². The molecule has 1 aliphatic carbocycles. The molecule has 4 heteroatoms. The monoisotopic (exact) mass is 225 g/mol. The van der Waals surface area contributed by atoms with E-state index in [4.69, 9.17) is 0 Å². The first-order valence-corrected chi connectivity index (χ1v) is 6.49. The summed E-state index contributed by atoms with van der Waals surface area (Å²) in [4.78, 5) is 14.3. The van der Waals surface area contributed by atoms with Crippen LogP contribution in [-0.2, 0) is 4.79 Å². The van der Waals surface area contributed by atoms with Crippen LogP contribution in [0.2, 0.25) is 0 Å². The lowest BCUT2D eigenvalue weighted by Crippen LogP contribution is -2.50. The average Bonchev–Trinajstić information content (AvgIpc) is 2.93. The highest BCUT2D eigenvalue weighted by Gasteiger charge is 2.31. The summed E-state index contributed by atoms with van der Waals surface area (Å²) >= 11 is 0. The number of rotatable bonds is 5. The van der Waals surface area contributed by atoms with E-state index in [1.54, 1.807) is 0 Å². The fourth-order valence-corrected chi connectivity index (χ4v) is 2.47. The molecule has 0 aromatic rings. The maximum Gasteiger partial charge on any atom is 0.237 e. The number of hydrogen-bond donors (Lipinski definition) is 2. The molecule has 0 spiro atoms. The van der Waals surface area contributed by atoms with Gasteiger partial charge in [0.15, 0.2) is 0 Å². The summed E-state index contributed by atoms with van der Waals surface area (Å²) in [6, 6.07) is 1.01. The Morgan fingerprint density at radius 2 is 2.25 bits per heavy atom. The van der Waals surface area contributed by atoms with E-state index in [2.05, 4.69) is 22.5 Å². The SMILES string of the molecule is CCN(C1CCNC1)C(C)C(=O)NC1CC1. The molecule has 2 unspecified atom stereocenters. The van der Waals surface area contributed by atoms with Gasteiger partial charge in [0.2, 0.25) is 5.91 Å². The van der Waals surface area contributed by atoms with E-state index in [0.29, 0.717) is 12.1 Å². The largest absolute Gasteiger partial charge is 0.352 e. The van der Waals surface area contributed by atoms with E-state index in [1.807, 2.05) is 6.92 Å². The summed E-state index contributed by atoms with van der Waals surface area (Å²) in [5.74, 6) is 0.205. The van der Waals surface area contributed by atoms with E-state index < -0.39 is 0 Å². The molecular weight excluding hydrogens is 202 g/mol. The first-order valence-electron chi connectivity index (χ1n) is 6.49. The van der Waals surface area contributed by atoms with Crippen molar-refractivity contribution in [3.8, 4) is 0 Å². The van der Waals surface area contributed by atoms with Gasteiger partial charge in [-0.25, -0.2) is 0 Å². The van der Waals surface area contributed by atoms with Gasteiger partial charge in [0.05, 0.1) is 6.04 Å². The molecule has 2 fully saturated rings. The molecule has 4 nitrogen and oxygen atoms in total. The minimum absolute atomic E-state index is 0.00972. The van der Waals surface area contributed by atoms with E-state index in [9.17, 15) is 4.79 Å². The van der Waals surface area contributed by atoms with Crippen LogP contribution in [0.1, 0.15) is 33.1 Å². The van der Waals surface area contributed by atoms with Crippen LogP contribution in [-0.4, -0.2) is 48.6 Å². The molecule has 2 rings (SSSR count). The van der Waals surface area contributed by atoms with Gasteiger partial charge in [-0.1, -0.05) is 6.92 Å². The molecule has 2 aliphatic rings.